The molecular weight excluding hydrogens is 376 g/mol. The number of fused-ring (bicyclic) bond motifs is 1. The minimum absolute atomic E-state index is 0.0578. The smallest absolute Gasteiger partial charge is 0.264 e. The van der Waals surface area contributed by atoms with Crippen molar-refractivity contribution < 1.29 is 8.78 Å². The zero-order valence-electron chi connectivity index (χ0n) is 14.1. The molecule has 3 heterocycles. The van der Waals surface area contributed by atoms with Crippen LogP contribution in [0.3, 0.4) is 0 Å². The van der Waals surface area contributed by atoms with Crippen LogP contribution in [0.4, 0.5) is 8.78 Å². The standard InChI is InChI=1S/C18H17F2N3OS2/c1-9-6-7-13(26-9)12-8-11(15(19)20)14-16(21-12)23(10-4-2-3-5-10)18(25)22-17(14)24/h6-8,10,15H,2-5H2,1H3,(H,22,24,25). The van der Waals surface area contributed by atoms with Crippen LogP contribution in [0.2, 0.25) is 0 Å². The highest BCUT2D eigenvalue weighted by molar-refractivity contribution is 7.71. The topological polar surface area (TPSA) is 50.7 Å². The van der Waals surface area contributed by atoms with Crippen molar-refractivity contribution in [1.82, 2.24) is 14.5 Å². The molecule has 1 N–H and O–H groups in total. The van der Waals surface area contributed by atoms with Gasteiger partial charge in [-0.05, 0) is 50.2 Å². The van der Waals surface area contributed by atoms with Gasteiger partial charge in [0.15, 0.2) is 4.77 Å². The number of aryl methyl sites for hydroxylation is 1. The first-order valence-corrected chi connectivity index (χ1v) is 9.72. The molecule has 4 rings (SSSR count). The maximum Gasteiger partial charge on any atom is 0.264 e. The number of aromatic amines is 1. The van der Waals surface area contributed by atoms with Crippen LogP contribution in [0.25, 0.3) is 21.6 Å². The summed E-state index contributed by atoms with van der Waals surface area (Å²) in [6, 6.07) is 5.20. The Hall–Kier alpha value is -1.93. The van der Waals surface area contributed by atoms with Crippen LogP contribution in [0.15, 0.2) is 23.0 Å². The maximum absolute atomic E-state index is 13.8. The molecule has 26 heavy (non-hydrogen) atoms. The fourth-order valence-electron chi connectivity index (χ4n) is 3.65. The first-order valence-electron chi connectivity index (χ1n) is 8.50. The van der Waals surface area contributed by atoms with E-state index in [1.54, 1.807) is 4.57 Å². The molecule has 0 unspecified atom stereocenters. The number of hydrogen-bond donors (Lipinski definition) is 1. The van der Waals surface area contributed by atoms with Gasteiger partial charge in [-0.25, -0.2) is 13.8 Å². The van der Waals surface area contributed by atoms with Gasteiger partial charge in [-0.3, -0.25) is 14.3 Å². The van der Waals surface area contributed by atoms with E-state index in [-0.39, 0.29) is 27.4 Å². The van der Waals surface area contributed by atoms with E-state index in [1.807, 2.05) is 19.1 Å². The molecule has 136 valence electrons. The number of thiophene rings is 1. The van der Waals surface area contributed by atoms with Crippen LogP contribution in [0, 0.1) is 11.7 Å². The molecule has 0 aliphatic heterocycles. The van der Waals surface area contributed by atoms with E-state index >= 15 is 0 Å². The SMILES string of the molecule is Cc1ccc(-c2cc(C(F)F)c3c(=O)[nH]c(=S)n(C4CCCC4)c3n2)s1. The number of alkyl halides is 2. The first-order chi connectivity index (χ1) is 12.5. The maximum atomic E-state index is 13.8. The summed E-state index contributed by atoms with van der Waals surface area (Å²) in [5.41, 5.74) is -0.169. The molecule has 8 heteroatoms. The summed E-state index contributed by atoms with van der Waals surface area (Å²) < 4.78 is 29.6. The van der Waals surface area contributed by atoms with Gasteiger partial charge in [0.1, 0.15) is 5.65 Å². The Labute approximate surface area is 157 Å². The zero-order valence-corrected chi connectivity index (χ0v) is 15.7. The Morgan fingerprint density at radius 3 is 2.69 bits per heavy atom. The summed E-state index contributed by atoms with van der Waals surface area (Å²) in [5.74, 6) is 0. The van der Waals surface area contributed by atoms with Gasteiger partial charge in [0.05, 0.1) is 16.0 Å². The van der Waals surface area contributed by atoms with Crippen molar-refractivity contribution in [2.75, 3.05) is 0 Å². The molecule has 0 aromatic carbocycles. The van der Waals surface area contributed by atoms with Crippen LogP contribution in [0.5, 0.6) is 0 Å². The molecule has 3 aromatic rings. The number of rotatable bonds is 3. The Morgan fingerprint density at radius 1 is 1.35 bits per heavy atom. The monoisotopic (exact) mass is 393 g/mol. The number of pyridine rings is 1. The first kappa shape index (κ1) is 17.5. The van der Waals surface area contributed by atoms with E-state index < -0.39 is 12.0 Å². The molecule has 3 aromatic heterocycles. The minimum Gasteiger partial charge on any atom is -0.299 e. The Kier molecular flexibility index (Phi) is 4.48. The van der Waals surface area contributed by atoms with E-state index in [2.05, 4.69) is 9.97 Å². The van der Waals surface area contributed by atoms with Crippen molar-refractivity contribution >= 4 is 34.6 Å². The fraction of sp³-hybridized carbons (Fsp3) is 0.389. The van der Waals surface area contributed by atoms with Gasteiger partial charge in [-0.1, -0.05) is 12.8 Å². The number of aromatic nitrogens is 3. The van der Waals surface area contributed by atoms with Crippen molar-refractivity contribution in [2.24, 2.45) is 0 Å². The lowest BCUT2D eigenvalue weighted by Gasteiger charge is -2.18. The summed E-state index contributed by atoms with van der Waals surface area (Å²) in [6.07, 6.45) is 1.15. The van der Waals surface area contributed by atoms with Crippen LogP contribution in [-0.4, -0.2) is 14.5 Å². The lowest BCUT2D eigenvalue weighted by atomic mass is 10.1. The van der Waals surface area contributed by atoms with Gasteiger partial charge < -0.3 is 0 Å². The number of nitrogens with one attached hydrogen (secondary N) is 1. The molecule has 0 amide bonds. The number of hydrogen-bond acceptors (Lipinski definition) is 4. The Morgan fingerprint density at radius 2 is 2.08 bits per heavy atom. The third kappa shape index (κ3) is 2.91. The molecule has 0 saturated heterocycles. The van der Waals surface area contributed by atoms with Gasteiger partial charge in [0.25, 0.3) is 12.0 Å². The van der Waals surface area contributed by atoms with Gasteiger partial charge in [-0.15, -0.1) is 11.3 Å². The Balaban J connectivity index is 2.10. The molecule has 0 spiro atoms. The van der Waals surface area contributed by atoms with E-state index in [9.17, 15) is 13.6 Å². The Bertz CT molecular complexity index is 1090. The molecule has 1 aliphatic carbocycles. The lowest BCUT2D eigenvalue weighted by Crippen LogP contribution is -2.20. The molecule has 0 atom stereocenters. The van der Waals surface area contributed by atoms with Crippen LogP contribution in [0.1, 0.15) is 48.6 Å². The molecule has 1 saturated carbocycles. The molecular formula is C18H17F2N3OS2. The average Bonchev–Trinajstić information content (AvgIpc) is 3.25. The van der Waals surface area contributed by atoms with Crippen LogP contribution in [-0.2, 0) is 0 Å². The normalized spacial score (nSPS) is 15.4. The third-order valence-electron chi connectivity index (χ3n) is 4.84. The minimum atomic E-state index is -2.77. The van der Waals surface area contributed by atoms with Gasteiger partial charge in [0.2, 0.25) is 0 Å². The molecule has 1 aliphatic rings. The highest BCUT2D eigenvalue weighted by Crippen LogP contribution is 2.36. The molecule has 1 fully saturated rings. The summed E-state index contributed by atoms with van der Waals surface area (Å²) in [6.45, 7) is 1.95. The number of H-pyrrole nitrogens is 1. The van der Waals surface area contributed by atoms with Gasteiger partial charge in [0, 0.05) is 16.5 Å². The second-order valence-corrected chi connectivity index (χ2v) is 8.25. The zero-order chi connectivity index (χ0) is 18.4. The summed E-state index contributed by atoms with van der Waals surface area (Å²) in [5, 5.41) is -0.0578. The van der Waals surface area contributed by atoms with Crippen molar-refractivity contribution in [3.63, 3.8) is 0 Å². The molecule has 0 bridgehead atoms. The van der Waals surface area contributed by atoms with Crippen molar-refractivity contribution in [1.29, 1.82) is 0 Å². The van der Waals surface area contributed by atoms with E-state index in [1.165, 1.54) is 17.4 Å². The summed E-state index contributed by atoms with van der Waals surface area (Å²) in [4.78, 5) is 21.5. The van der Waals surface area contributed by atoms with Gasteiger partial charge >= 0.3 is 0 Å². The highest BCUT2D eigenvalue weighted by atomic mass is 32.1. The number of nitrogens with zero attached hydrogens (tertiary/aromatic N) is 2. The van der Waals surface area contributed by atoms with Crippen LogP contribution < -0.4 is 5.56 Å². The predicted octanol–water partition coefficient (Wildman–Crippen LogP) is 5.54. The highest BCUT2D eigenvalue weighted by Gasteiger charge is 2.25. The van der Waals surface area contributed by atoms with Crippen molar-refractivity contribution in [2.45, 2.75) is 45.1 Å². The fourth-order valence-corrected chi connectivity index (χ4v) is 4.80. The van der Waals surface area contributed by atoms with Gasteiger partial charge in [-0.2, -0.15) is 0 Å². The predicted molar refractivity (Wildman–Crippen MR) is 102 cm³/mol. The van der Waals surface area contributed by atoms with Crippen molar-refractivity contribution in [3.8, 4) is 10.6 Å². The number of halogens is 2. The van der Waals surface area contributed by atoms with Crippen molar-refractivity contribution in [3.05, 3.63) is 43.8 Å². The lowest BCUT2D eigenvalue weighted by molar-refractivity contribution is 0.153. The quantitative estimate of drug-likeness (QED) is 0.594. The molecule has 0 radical (unpaired) electrons. The van der Waals surface area contributed by atoms with E-state index in [4.69, 9.17) is 12.2 Å². The van der Waals surface area contributed by atoms with E-state index in [0.717, 1.165) is 35.4 Å². The molecule has 4 nitrogen and oxygen atoms in total. The second-order valence-electron chi connectivity index (χ2n) is 6.57. The third-order valence-corrected chi connectivity index (χ3v) is 6.17. The largest absolute Gasteiger partial charge is 0.299 e. The summed E-state index contributed by atoms with van der Waals surface area (Å²) in [7, 11) is 0. The van der Waals surface area contributed by atoms with Crippen LogP contribution >= 0.6 is 23.6 Å². The average molecular weight is 393 g/mol. The summed E-state index contributed by atoms with van der Waals surface area (Å²) >= 11 is 6.85. The second kappa shape index (κ2) is 6.66. The van der Waals surface area contributed by atoms with E-state index in [0.29, 0.717) is 5.69 Å².